The van der Waals surface area contributed by atoms with Gasteiger partial charge >= 0.3 is 5.97 Å². The number of aromatic carboxylic acids is 1. The van der Waals surface area contributed by atoms with E-state index in [1.54, 1.807) is 24.3 Å². The molecule has 1 heterocycles. The Labute approximate surface area is 164 Å². The molecule has 0 saturated heterocycles. The normalized spacial score (nSPS) is 13.0. The summed E-state index contributed by atoms with van der Waals surface area (Å²) in [5, 5.41) is 9.09. The Balaban J connectivity index is 0.00000240. The second-order valence-electron chi connectivity index (χ2n) is 7.08. The molecule has 1 aliphatic carbocycles. The molecule has 0 saturated carbocycles. The molecule has 0 amide bonds. The highest BCUT2D eigenvalue weighted by molar-refractivity contribution is 5.88. The first-order valence-corrected chi connectivity index (χ1v) is 9.39. The van der Waals surface area contributed by atoms with Crippen LogP contribution in [0.4, 0.5) is 0 Å². The third kappa shape index (κ3) is 3.43. The number of hydrogen-bond donors (Lipinski definition) is 2. The molecule has 5 heteroatoms. The predicted molar refractivity (Wildman–Crippen MR) is 109 cm³/mol. The maximum Gasteiger partial charge on any atom is 0.335 e. The van der Waals surface area contributed by atoms with E-state index < -0.39 is 5.97 Å². The molecule has 1 aromatic heterocycles. The molecule has 0 aliphatic heterocycles. The minimum atomic E-state index is -0.997. The molecule has 5 nitrogen and oxygen atoms in total. The van der Waals surface area contributed by atoms with Crippen molar-refractivity contribution in [3.05, 3.63) is 81.3 Å². The Bertz CT molecular complexity index is 1100. The topological polar surface area (TPSA) is 79.4 Å². The van der Waals surface area contributed by atoms with Gasteiger partial charge < -0.3 is 14.8 Å². The highest BCUT2D eigenvalue weighted by Gasteiger charge is 2.18. The Morgan fingerprint density at radius 2 is 1.82 bits per heavy atom. The number of aryl methyl sites for hydroxylation is 2. The summed E-state index contributed by atoms with van der Waals surface area (Å²) >= 11 is 0. The van der Waals surface area contributed by atoms with E-state index in [1.807, 2.05) is 19.1 Å². The van der Waals surface area contributed by atoms with Crippen molar-refractivity contribution in [2.24, 2.45) is 0 Å². The van der Waals surface area contributed by atoms with Gasteiger partial charge in [0.05, 0.1) is 5.56 Å². The number of fused-ring (bicyclic) bond motifs is 1. The maximum absolute atomic E-state index is 13.0. The van der Waals surface area contributed by atoms with Gasteiger partial charge in [0.15, 0.2) is 5.43 Å². The Morgan fingerprint density at radius 1 is 1.07 bits per heavy atom. The van der Waals surface area contributed by atoms with Crippen LogP contribution in [0.5, 0.6) is 11.5 Å². The largest absolute Gasteiger partial charge is 0.478 e. The van der Waals surface area contributed by atoms with E-state index in [-0.39, 0.29) is 12.4 Å². The highest BCUT2D eigenvalue weighted by atomic mass is 16.5. The van der Waals surface area contributed by atoms with Crippen LogP contribution in [0.3, 0.4) is 0 Å². The lowest BCUT2D eigenvalue weighted by molar-refractivity contribution is 0.0696. The van der Waals surface area contributed by atoms with Gasteiger partial charge in [0.2, 0.25) is 0 Å². The summed E-state index contributed by atoms with van der Waals surface area (Å²) in [4.78, 5) is 27.5. The van der Waals surface area contributed by atoms with E-state index >= 15 is 0 Å². The van der Waals surface area contributed by atoms with Crippen LogP contribution in [-0.4, -0.2) is 16.1 Å². The molecule has 0 atom stereocenters. The van der Waals surface area contributed by atoms with Crippen molar-refractivity contribution in [1.82, 2.24) is 4.98 Å². The van der Waals surface area contributed by atoms with Gasteiger partial charge in [-0.2, -0.15) is 0 Å². The summed E-state index contributed by atoms with van der Waals surface area (Å²) < 4.78 is 5.76. The van der Waals surface area contributed by atoms with E-state index in [0.29, 0.717) is 17.1 Å². The van der Waals surface area contributed by atoms with Crippen molar-refractivity contribution >= 4 is 5.97 Å². The lowest BCUT2D eigenvalue weighted by atomic mass is 9.91. The van der Waals surface area contributed by atoms with Crippen molar-refractivity contribution in [2.75, 3.05) is 0 Å². The van der Waals surface area contributed by atoms with E-state index in [2.05, 4.69) is 4.98 Å². The summed E-state index contributed by atoms with van der Waals surface area (Å²) in [5.74, 6) is 0.0386. The van der Waals surface area contributed by atoms with Gasteiger partial charge in [0.1, 0.15) is 11.5 Å². The number of hydrogen-bond acceptors (Lipinski definition) is 3. The van der Waals surface area contributed by atoms with Crippen molar-refractivity contribution in [1.29, 1.82) is 0 Å². The van der Waals surface area contributed by atoms with Gasteiger partial charge in [-0.3, -0.25) is 4.79 Å². The van der Waals surface area contributed by atoms with Gasteiger partial charge in [-0.15, -0.1) is 0 Å². The van der Waals surface area contributed by atoms with Crippen LogP contribution in [0.25, 0.3) is 11.1 Å². The van der Waals surface area contributed by atoms with Crippen LogP contribution in [0.15, 0.2) is 53.3 Å². The number of carboxylic acids is 1. The SMILES string of the molecule is Cc1[nH]c2c(c(=O)c1-c1ccc(Oc3cccc(C(=O)O)c3)cc1)CCCC2.[HH]. The molecule has 2 aromatic carbocycles. The zero-order valence-corrected chi connectivity index (χ0v) is 15.6. The number of aromatic nitrogens is 1. The number of carboxylic acid groups (broad SMARTS) is 1. The lowest BCUT2D eigenvalue weighted by Crippen LogP contribution is -2.21. The molecule has 1 aliphatic rings. The summed E-state index contributed by atoms with van der Waals surface area (Å²) in [7, 11) is 0. The Morgan fingerprint density at radius 3 is 2.57 bits per heavy atom. The third-order valence-corrected chi connectivity index (χ3v) is 5.14. The molecule has 144 valence electrons. The number of pyridine rings is 1. The average molecular weight is 377 g/mol. The van der Waals surface area contributed by atoms with Crippen LogP contribution < -0.4 is 10.2 Å². The second-order valence-corrected chi connectivity index (χ2v) is 7.08. The van der Waals surface area contributed by atoms with Crippen LogP contribution in [0.2, 0.25) is 0 Å². The molecular weight excluding hydrogens is 354 g/mol. The quantitative estimate of drug-likeness (QED) is 0.673. The molecule has 3 aromatic rings. The van der Waals surface area contributed by atoms with Gasteiger partial charge in [0.25, 0.3) is 0 Å². The molecule has 28 heavy (non-hydrogen) atoms. The van der Waals surface area contributed by atoms with Crippen molar-refractivity contribution in [2.45, 2.75) is 32.6 Å². The van der Waals surface area contributed by atoms with E-state index in [1.165, 1.54) is 12.1 Å². The summed E-state index contributed by atoms with van der Waals surface area (Å²) in [5.41, 5.74) is 4.72. The third-order valence-electron chi connectivity index (χ3n) is 5.14. The summed E-state index contributed by atoms with van der Waals surface area (Å²) in [6.45, 7) is 1.94. The monoisotopic (exact) mass is 377 g/mol. The Hall–Kier alpha value is -3.34. The molecule has 0 unspecified atom stereocenters. The second kappa shape index (κ2) is 7.35. The minimum absolute atomic E-state index is 0. The Kier molecular flexibility index (Phi) is 4.74. The first-order chi connectivity index (χ1) is 13.5. The molecule has 4 rings (SSSR count). The molecular formula is C23H23NO4. The van der Waals surface area contributed by atoms with Crippen molar-refractivity contribution in [3.63, 3.8) is 0 Å². The van der Waals surface area contributed by atoms with Crippen LogP contribution in [-0.2, 0) is 12.8 Å². The fraction of sp³-hybridized carbons (Fsp3) is 0.217. The minimum Gasteiger partial charge on any atom is -0.478 e. The van der Waals surface area contributed by atoms with E-state index in [0.717, 1.165) is 48.2 Å². The number of ether oxygens (including phenoxy) is 1. The average Bonchev–Trinajstić information content (AvgIpc) is 2.69. The highest BCUT2D eigenvalue weighted by Crippen LogP contribution is 2.28. The van der Waals surface area contributed by atoms with Gasteiger partial charge in [0, 0.05) is 23.9 Å². The standard InChI is InChI=1S/C23H21NO4.H2/c1-14-21(22(25)19-7-2-3-8-20(19)24-14)15-9-11-17(12-10-15)28-18-6-4-5-16(13-18)23(26)27;/h4-6,9-13H,2-3,7-8H2,1H3,(H,24,25)(H,26,27);1H. The van der Waals surface area contributed by atoms with E-state index in [9.17, 15) is 9.59 Å². The smallest absolute Gasteiger partial charge is 0.335 e. The van der Waals surface area contributed by atoms with Crippen LogP contribution in [0, 0.1) is 6.92 Å². The number of aromatic amines is 1. The number of H-pyrrole nitrogens is 1. The first kappa shape index (κ1) is 18.0. The predicted octanol–water partition coefficient (Wildman–Crippen LogP) is 4.97. The van der Waals surface area contributed by atoms with Gasteiger partial charge in [-0.05, 0) is 68.5 Å². The van der Waals surface area contributed by atoms with Gasteiger partial charge in [-0.1, -0.05) is 18.2 Å². The number of rotatable bonds is 4. The molecule has 0 radical (unpaired) electrons. The summed E-state index contributed by atoms with van der Waals surface area (Å²) in [6.07, 6.45) is 3.95. The number of carbonyl (C=O) groups is 1. The number of nitrogens with one attached hydrogen (secondary N) is 1. The number of benzene rings is 2. The van der Waals surface area contributed by atoms with Gasteiger partial charge in [-0.25, -0.2) is 4.79 Å². The first-order valence-electron chi connectivity index (χ1n) is 9.39. The molecule has 0 spiro atoms. The van der Waals surface area contributed by atoms with Crippen LogP contribution in [0.1, 0.15) is 41.6 Å². The van der Waals surface area contributed by atoms with Crippen molar-refractivity contribution in [3.8, 4) is 22.6 Å². The molecule has 0 bridgehead atoms. The molecule has 0 fully saturated rings. The molecule has 2 N–H and O–H groups in total. The van der Waals surface area contributed by atoms with Crippen LogP contribution >= 0.6 is 0 Å². The lowest BCUT2D eigenvalue weighted by Gasteiger charge is -2.18. The zero-order valence-electron chi connectivity index (χ0n) is 15.6. The maximum atomic E-state index is 13.0. The summed E-state index contributed by atoms with van der Waals surface area (Å²) in [6, 6.07) is 13.7. The van der Waals surface area contributed by atoms with Crippen molar-refractivity contribution < 1.29 is 16.1 Å². The fourth-order valence-corrected chi connectivity index (χ4v) is 3.77. The fourth-order valence-electron chi connectivity index (χ4n) is 3.77. The van der Waals surface area contributed by atoms with E-state index in [4.69, 9.17) is 9.84 Å². The zero-order chi connectivity index (χ0) is 19.7.